The SMILES string of the molecule is Cc1ccc(-n2nnc(C(=O)NC3CCCCC3)c2C2CC2)cc1. The van der Waals surface area contributed by atoms with Crippen LogP contribution in [0.1, 0.15) is 72.6 Å². The normalized spacial score (nSPS) is 18.5. The predicted octanol–water partition coefficient (Wildman–Crippen LogP) is 3.52. The third-order valence-electron chi connectivity index (χ3n) is 5.10. The molecule has 4 rings (SSSR count). The van der Waals surface area contributed by atoms with Crippen molar-refractivity contribution in [1.29, 1.82) is 0 Å². The molecule has 1 aromatic heterocycles. The summed E-state index contributed by atoms with van der Waals surface area (Å²) in [7, 11) is 0. The van der Waals surface area contributed by atoms with E-state index in [-0.39, 0.29) is 5.91 Å². The van der Waals surface area contributed by atoms with Crippen molar-refractivity contribution < 1.29 is 4.79 Å². The van der Waals surface area contributed by atoms with Gasteiger partial charge in [-0.05, 0) is 44.7 Å². The number of carbonyl (C=O) groups is 1. The Bertz CT molecular complexity index is 724. The van der Waals surface area contributed by atoms with Gasteiger partial charge in [0.2, 0.25) is 0 Å². The van der Waals surface area contributed by atoms with E-state index in [1.807, 2.05) is 16.8 Å². The Morgan fingerprint density at radius 2 is 1.79 bits per heavy atom. The Balaban J connectivity index is 1.61. The van der Waals surface area contributed by atoms with Gasteiger partial charge < -0.3 is 5.32 Å². The lowest BCUT2D eigenvalue weighted by molar-refractivity contribution is 0.0921. The molecule has 0 radical (unpaired) electrons. The number of aromatic nitrogens is 3. The summed E-state index contributed by atoms with van der Waals surface area (Å²) in [6.45, 7) is 2.07. The summed E-state index contributed by atoms with van der Waals surface area (Å²) < 4.78 is 1.85. The Labute approximate surface area is 142 Å². The number of hydrogen-bond acceptors (Lipinski definition) is 3. The second-order valence-electron chi connectivity index (χ2n) is 7.15. The molecule has 5 heteroatoms. The van der Waals surface area contributed by atoms with E-state index in [0.717, 1.165) is 37.1 Å². The number of carbonyl (C=O) groups excluding carboxylic acids is 1. The minimum absolute atomic E-state index is 0.0536. The molecule has 126 valence electrons. The number of nitrogens with one attached hydrogen (secondary N) is 1. The van der Waals surface area contributed by atoms with Crippen LogP contribution in [0.3, 0.4) is 0 Å². The second kappa shape index (κ2) is 6.38. The van der Waals surface area contributed by atoms with Gasteiger partial charge in [0.05, 0.1) is 11.4 Å². The molecule has 0 unspecified atom stereocenters. The molecule has 0 bridgehead atoms. The number of aryl methyl sites for hydroxylation is 1. The maximum absolute atomic E-state index is 12.7. The molecule has 2 fully saturated rings. The van der Waals surface area contributed by atoms with Crippen molar-refractivity contribution in [3.63, 3.8) is 0 Å². The maximum atomic E-state index is 12.7. The van der Waals surface area contributed by atoms with Crippen LogP contribution in [0.25, 0.3) is 5.69 Å². The highest BCUT2D eigenvalue weighted by atomic mass is 16.2. The first kappa shape index (κ1) is 15.4. The summed E-state index contributed by atoms with van der Waals surface area (Å²) in [4.78, 5) is 12.7. The fourth-order valence-corrected chi connectivity index (χ4v) is 3.55. The van der Waals surface area contributed by atoms with Crippen LogP contribution >= 0.6 is 0 Å². The van der Waals surface area contributed by atoms with Crippen LogP contribution in [0.15, 0.2) is 24.3 Å². The van der Waals surface area contributed by atoms with E-state index in [0.29, 0.717) is 17.7 Å². The zero-order valence-electron chi connectivity index (χ0n) is 14.2. The Morgan fingerprint density at radius 3 is 2.46 bits per heavy atom. The van der Waals surface area contributed by atoms with E-state index in [4.69, 9.17) is 0 Å². The zero-order valence-corrected chi connectivity index (χ0v) is 14.2. The van der Waals surface area contributed by atoms with Gasteiger partial charge in [-0.15, -0.1) is 5.10 Å². The van der Waals surface area contributed by atoms with Gasteiger partial charge in [-0.25, -0.2) is 4.68 Å². The van der Waals surface area contributed by atoms with Crippen LogP contribution in [-0.4, -0.2) is 26.9 Å². The molecule has 0 saturated heterocycles. The van der Waals surface area contributed by atoms with Crippen molar-refractivity contribution in [2.75, 3.05) is 0 Å². The molecule has 1 N–H and O–H groups in total. The summed E-state index contributed by atoms with van der Waals surface area (Å²) in [5, 5.41) is 11.7. The lowest BCUT2D eigenvalue weighted by Gasteiger charge is -2.22. The monoisotopic (exact) mass is 324 g/mol. The van der Waals surface area contributed by atoms with Crippen molar-refractivity contribution in [3.8, 4) is 5.69 Å². The summed E-state index contributed by atoms with van der Waals surface area (Å²) in [6, 6.07) is 8.50. The van der Waals surface area contributed by atoms with E-state index in [2.05, 4.69) is 34.7 Å². The van der Waals surface area contributed by atoms with Gasteiger partial charge in [-0.2, -0.15) is 0 Å². The molecular formula is C19H24N4O. The topological polar surface area (TPSA) is 59.8 Å². The van der Waals surface area contributed by atoms with Crippen LogP contribution in [0.2, 0.25) is 0 Å². The largest absolute Gasteiger partial charge is 0.348 e. The van der Waals surface area contributed by atoms with E-state index in [9.17, 15) is 4.79 Å². The van der Waals surface area contributed by atoms with Crippen LogP contribution in [0.4, 0.5) is 0 Å². The second-order valence-corrected chi connectivity index (χ2v) is 7.15. The van der Waals surface area contributed by atoms with Gasteiger partial charge in [0.25, 0.3) is 5.91 Å². The Hall–Kier alpha value is -2.17. The number of nitrogens with zero attached hydrogens (tertiary/aromatic N) is 3. The molecule has 2 saturated carbocycles. The molecule has 2 aliphatic carbocycles. The highest BCUT2D eigenvalue weighted by Crippen LogP contribution is 2.42. The molecule has 0 spiro atoms. The average molecular weight is 324 g/mol. The first-order valence-electron chi connectivity index (χ1n) is 9.06. The average Bonchev–Trinajstić information content (AvgIpc) is 3.34. The van der Waals surface area contributed by atoms with Crippen molar-refractivity contribution in [2.24, 2.45) is 0 Å². The standard InChI is InChI=1S/C19H24N4O/c1-13-7-11-16(12-8-13)23-18(14-9-10-14)17(21-22-23)19(24)20-15-5-3-2-4-6-15/h7-8,11-12,14-15H,2-6,9-10H2,1H3,(H,20,24). The zero-order chi connectivity index (χ0) is 16.5. The van der Waals surface area contributed by atoms with Gasteiger partial charge in [0, 0.05) is 12.0 Å². The first-order chi connectivity index (χ1) is 11.7. The molecule has 1 amide bonds. The van der Waals surface area contributed by atoms with Crippen molar-refractivity contribution in [2.45, 2.75) is 63.8 Å². The molecule has 1 aromatic carbocycles. The molecule has 0 atom stereocenters. The lowest BCUT2D eigenvalue weighted by atomic mass is 9.95. The summed E-state index contributed by atoms with van der Waals surface area (Å²) in [5.74, 6) is 0.357. The van der Waals surface area contributed by atoms with E-state index < -0.39 is 0 Å². The first-order valence-corrected chi connectivity index (χ1v) is 9.06. The van der Waals surface area contributed by atoms with Crippen molar-refractivity contribution in [3.05, 3.63) is 41.2 Å². The predicted molar refractivity (Wildman–Crippen MR) is 92.4 cm³/mol. The smallest absolute Gasteiger partial charge is 0.274 e. The van der Waals surface area contributed by atoms with E-state index in [1.165, 1.54) is 24.8 Å². The highest BCUT2D eigenvalue weighted by Gasteiger charge is 2.34. The summed E-state index contributed by atoms with van der Waals surface area (Å²) in [6.07, 6.45) is 8.08. The quantitative estimate of drug-likeness (QED) is 0.936. The molecule has 1 heterocycles. The van der Waals surface area contributed by atoms with E-state index in [1.54, 1.807) is 0 Å². The fourth-order valence-electron chi connectivity index (χ4n) is 3.55. The van der Waals surface area contributed by atoms with Gasteiger partial charge in [0.15, 0.2) is 5.69 Å². The lowest BCUT2D eigenvalue weighted by Crippen LogP contribution is -2.36. The number of rotatable bonds is 4. The molecule has 2 aliphatic rings. The maximum Gasteiger partial charge on any atom is 0.274 e. The molecular weight excluding hydrogens is 300 g/mol. The Kier molecular flexibility index (Phi) is 4.08. The number of benzene rings is 1. The molecule has 0 aliphatic heterocycles. The van der Waals surface area contributed by atoms with Crippen molar-refractivity contribution >= 4 is 5.91 Å². The highest BCUT2D eigenvalue weighted by molar-refractivity contribution is 5.93. The van der Waals surface area contributed by atoms with Gasteiger partial charge >= 0.3 is 0 Å². The molecule has 24 heavy (non-hydrogen) atoms. The van der Waals surface area contributed by atoms with Crippen LogP contribution < -0.4 is 5.32 Å². The van der Waals surface area contributed by atoms with Crippen LogP contribution in [0, 0.1) is 6.92 Å². The third-order valence-corrected chi connectivity index (χ3v) is 5.10. The van der Waals surface area contributed by atoms with Crippen molar-refractivity contribution in [1.82, 2.24) is 20.3 Å². The van der Waals surface area contributed by atoms with Gasteiger partial charge in [0.1, 0.15) is 0 Å². The minimum Gasteiger partial charge on any atom is -0.348 e. The molecule has 5 nitrogen and oxygen atoms in total. The van der Waals surface area contributed by atoms with Crippen LogP contribution in [0.5, 0.6) is 0 Å². The third kappa shape index (κ3) is 3.07. The van der Waals surface area contributed by atoms with Crippen LogP contribution in [-0.2, 0) is 0 Å². The molecule has 2 aromatic rings. The van der Waals surface area contributed by atoms with Gasteiger partial charge in [-0.1, -0.05) is 42.2 Å². The number of hydrogen-bond donors (Lipinski definition) is 1. The summed E-state index contributed by atoms with van der Waals surface area (Å²) >= 11 is 0. The minimum atomic E-state index is -0.0536. The van der Waals surface area contributed by atoms with E-state index >= 15 is 0 Å². The number of amides is 1. The summed E-state index contributed by atoms with van der Waals surface area (Å²) in [5.41, 5.74) is 3.68. The fraction of sp³-hybridized carbons (Fsp3) is 0.526. The Morgan fingerprint density at radius 1 is 1.08 bits per heavy atom. The van der Waals surface area contributed by atoms with Gasteiger partial charge in [-0.3, -0.25) is 4.79 Å².